The summed E-state index contributed by atoms with van der Waals surface area (Å²) in [4.78, 5) is 0. The van der Waals surface area contributed by atoms with Crippen LogP contribution in [0.15, 0.2) is 18.2 Å². The number of hydrogen-bond acceptors (Lipinski definition) is 3. The van der Waals surface area contributed by atoms with Crippen molar-refractivity contribution in [1.29, 1.82) is 0 Å². The topological polar surface area (TPSA) is 38.0 Å². The highest BCUT2D eigenvalue weighted by Gasteiger charge is 2.21. The molecular formula is C13H19FN2S. The molecule has 94 valence electrons. The fourth-order valence-corrected chi connectivity index (χ4v) is 3.20. The Hall–Kier alpha value is -0.900. The molecule has 1 aromatic carbocycles. The van der Waals surface area contributed by atoms with Crippen molar-refractivity contribution in [1.82, 2.24) is 0 Å². The highest BCUT2D eigenvalue weighted by atomic mass is 32.2. The lowest BCUT2D eigenvalue weighted by Gasteiger charge is -2.29. The number of halogens is 1. The van der Waals surface area contributed by atoms with Gasteiger partial charge in [0.1, 0.15) is 5.82 Å². The number of para-hydroxylation sites is 1. The van der Waals surface area contributed by atoms with Crippen LogP contribution in [0.4, 0.5) is 15.8 Å². The molecular weight excluding hydrogens is 235 g/mol. The summed E-state index contributed by atoms with van der Waals surface area (Å²) in [5.74, 6) is -0.341. The number of nitrogen functional groups attached to an aromatic ring is 1. The normalized spacial score (nSPS) is 24.6. The van der Waals surface area contributed by atoms with Crippen molar-refractivity contribution in [3.63, 3.8) is 0 Å². The summed E-state index contributed by atoms with van der Waals surface area (Å²) in [5, 5.41) is 4.09. The molecule has 2 rings (SSSR count). The number of hydrogen-bond donors (Lipinski definition) is 2. The van der Waals surface area contributed by atoms with Crippen LogP contribution < -0.4 is 11.1 Å². The predicted molar refractivity (Wildman–Crippen MR) is 74.0 cm³/mol. The highest BCUT2D eigenvalue weighted by molar-refractivity contribution is 7.99. The van der Waals surface area contributed by atoms with Gasteiger partial charge in [0, 0.05) is 11.3 Å². The van der Waals surface area contributed by atoms with Crippen molar-refractivity contribution in [3.8, 4) is 0 Å². The summed E-state index contributed by atoms with van der Waals surface area (Å²) in [6.45, 7) is 0. The lowest BCUT2D eigenvalue weighted by Crippen LogP contribution is -2.28. The molecule has 2 nitrogen and oxygen atoms in total. The number of nitrogens with two attached hydrogens (primary N) is 1. The van der Waals surface area contributed by atoms with Gasteiger partial charge in [0.05, 0.1) is 11.4 Å². The minimum atomic E-state index is -0.341. The van der Waals surface area contributed by atoms with E-state index in [4.69, 9.17) is 5.73 Å². The van der Waals surface area contributed by atoms with Gasteiger partial charge >= 0.3 is 0 Å². The van der Waals surface area contributed by atoms with Crippen LogP contribution >= 0.6 is 11.8 Å². The van der Waals surface area contributed by atoms with E-state index in [0.717, 1.165) is 23.8 Å². The first kappa shape index (κ1) is 12.6. The summed E-state index contributed by atoms with van der Waals surface area (Å²) in [6, 6.07) is 5.36. The molecule has 0 radical (unpaired) electrons. The zero-order valence-corrected chi connectivity index (χ0v) is 10.9. The molecule has 0 heterocycles. The Balaban J connectivity index is 2.02. The summed E-state index contributed by atoms with van der Waals surface area (Å²) < 4.78 is 13.3. The SMILES string of the molecule is CSC1CCCC(Nc2cccc(F)c2N)C1. The Kier molecular flexibility index (Phi) is 4.15. The second-order valence-electron chi connectivity index (χ2n) is 4.57. The van der Waals surface area contributed by atoms with Crippen molar-refractivity contribution in [2.24, 2.45) is 0 Å². The first-order valence-corrected chi connectivity index (χ1v) is 7.33. The molecule has 1 aliphatic carbocycles. The van der Waals surface area contributed by atoms with Crippen LogP contribution in [0.2, 0.25) is 0 Å². The number of thioether (sulfide) groups is 1. The molecule has 1 saturated carbocycles. The van der Waals surface area contributed by atoms with Crippen molar-refractivity contribution in [2.75, 3.05) is 17.3 Å². The predicted octanol–water partition coefficient (Wildman–Crippen LogP) is 3.49. The van der Waals surface area contributed by atoms with Gasteiger partial charge in [-0.1, -0.05) is 12.5 Å². The molecule has 17 heavy (non-hydrogen) atoms. The Morgan fingerprint density at radius 1 is 1.41 bits per heavy atom. The van der Waals surface area contributed by atoms with Crippen molar-refractivity contribution >= 4 is 23.1 Å². The van der Waals surface area contributed by atoms with Gasteiger partial charge in [-0.2, -0.15) is 11.8 Å². The van der Waals surface area contributed by atoms with E-state index < -0.39 is 0 Å². The molecule has 0 saturated heterocycles. The van der Waals surface area contributed by atoms with E-state index in [9.17, 15) is 4.39 Å². The van der Waals surface area contributed by atoms with E-state index >= 15 is 0 Å². The average Bonchev–Trinajstić information content (AvgIpc) is 2.35. The van der Waals surface area contributed by atoms with Crippen LogP contribution in [0.25, 0.3) is 0 Å². The third kappa shape index (κ3) is 3.06. The van der Waals surface area contributed by atoms with E-state index in [0.29, 0.717) is 6.04 Å². The van der Waals surface area contributed by atoms with Gasteiger partial charge in [0.2, 0.25) is 0 Å². The van der Waals surface area contributed by atoms with Crippen LogP contribution in [0, 0.1) is 5.82 Å². The number of rotatable bonds is 3. The lowest BCUT2D eigenvalue weighted by atomic mass is 9.94. The Bertz CT molecular complexity index is 384. The average molecular weight is 254 g/mol. The van der Waals surface area contributed by atoms with E-state index in [-0.39, 0.29) is 11.5 Å². The lowest BCUT2D eigenvalue weighted by molar-refractivity contribution is 0.473. The second kappa shape index (κ2) is 5.63. The Morgan fingerprint density at radius 2 is 2.24 bits per heavy atom. The van der Waals surface area contributed by atoms with E-state index in [1.165, 1.54) is 18.9 Å². The molecule has 2 atom stereocenters. The molecule has 3 N–H and O–H groups in total. The molecule has 4 heteroatoms. The van der Waals surface area contributed by atoms with E-state index in [2.05, 4.69) is 11.6 Å². The summed E-state index contributed by atoms with van der Waals surface area (Å²) in [7, 11) is 0. The first-order chi connectivity index (χ1) is 8.20. The number of benzene rings is 1. The molecule has 0 amide bonds. The van der Waals surface area contributed by atoms with E-state index in [1.54, 1.807) is 6.07 Å². The van der Waals surface area contributed by atoms with Crippen molar-refractivity contribution in [2.45, 2.75) is 37.0 Å². The molecule has 2 unspecified atom stereocenters. The zero-order valence-electron chi connectivity index (χ0n) is 10.1. The van der Waals surface area contributed by atoms with Crippen LogP contribution in [0.5, 0.6) is 0 Å². The first-order valence-electron chi connectivity index (χ1n) is 6.04. The van der Waals surface area contributed by atoms with Gasteiger partial charge in [0.25, 0.3) is 0 Å². The van der Waals surface area contributed by atoms with E-state index in [1.807, 2.05) is 17.8 Å². The van der Waals surface area contributed by atoms with Gasteiger partial charge in [-0.15, -0.1) is 0 Å². The third-order valence-electron chi connectivity index (χ3n) is 3.37. The molecule has 1 aromatic rings. The van der Waals surface area contributed by atoms with Crippen molar-refractivity contribution < 1.29 is 4.39 Å². The van der Waals surface area contributed by atoms with Gasteiger partial charge in [-0.05, 0) is 37.7 Å². The van der Waals surface area contributed by atoms with Crippen LogP contribution in [0.3, 0.4) is 0 Å². The molecule has 0 spiro atoms. The maximum absolute atomic E-state index is 13.3. The van der Waals surface area contributed by atoms with Gasteiger partial charge in [-0.3, -0.25) is 0 Å². The minimum absolute atomic E-state index is 0.235. The maximum Gasteiger partial charge on any atom is 0.148 e. The largest absolute Gasteiger partial charge is 0.395 e. The molecule has 0 aromatic heterocycles. The number of anilines is 2. The highest BCUT2D eigenvalue weighted by Crippen LogP contribution is 2.30. The third-order valence-corrected chi connectivity index (χ3v) is 4.47. The van der Waals surface area contributed by atoms with Crippen molar-refractivity contribution in [3.05, 3.63) is 24.0 Å². The number of nitrogens with one attached hydrogen (secondary N) is 1. The summed E-state index contributed by atoms with van der Waals surface area (Å²) in [5.41, 5.74) is 6.69. The molecule has 1 aliphatic rings. The fourth-order valence-electron chi connectivity index (χ4n) is 2.37. The van der Waals surface area contributed by atoms with Crippen LogP contribution in [-0.4, -0.2) is 17.5 Å². The summed E-state index contributed by atoms with van der Waals surface area (Å²) >= 11 is 1.92. The minimum Gasteiger partial charge on any atom is -0.395 e. The van der Waals surface area contributed by atoms with Crippen LogP contribution in [0.1, 0.15) is 25.7 Å². The molecule has 1 fully saturated rings. The quantitative estimate of drug-likeness (QED) is 0.811. The van der Waals surface area contributed by atoms with Gasteiger partial charge in [0.15, 0.2) is 0 Å². The molecule has 0 aliphatic heterocycles. The standard InChI is InChI=1S/C13H19FN2S/c1-17-10-5-2-4-9(8-10)16-12-7-3-6-11(14)13(12)15/h3,6-7,9-10,16H,2,4-5,8,15H2,1H3. The maximum atomic E-state index is 13.3. The monoisotopic (exact) mass is 254 g/mol. The fraction of sp³-hybridized carbons (Fsp3) is 0.538. The summed E-state index contributed by atoms with van der Waals surface area (Å²) in [6.07, 6.45) is 6.96. The zero-order chi connectivity index (χ0) is 12.3. The Labute approximate surface area is 106 Å². The Morgan fingerprint density at radius 3 is 3.00 bits per heavy atom. The second-order valence-corrected chi connectivity index (χ2v) is 5.70. The van der Waals surface area contributed by atoms with Crippen LogP contribution in [-0.2, 0) is 0 Å². The smallest absolute Gasteiger partial charge is 0.148 e. The molecule has 0 bridgehead atoms. The van der Waals surface area contributed by atoms with Gasteiger partial charge in [-0.25, -0.2) is 4.39 Å². The van der Waals surface area contributed by atoms with Gasteiger partial charge < -0.3 is 11.1 Å².